The largest absolute Gasteiger partial charge is 0.394 e. The van der Waals surface area contributed by atoms with Gasteiger partial charge in [-0.25, -0.2) is 0 Å². The van der Waals surface area contributed by atoms with Crippen molar-refractivity contribution in [2.24, 2.45) is 5.92 Å². The molecule has 0 bridgehead atoms. The SMILES string of the molecule is CCC(C)C(O)C(O)CO. The summed E-state index contributed by atoms with van der Waals surface area (Å²) >= 11 is 0. The molecule has 0 fully saturated rings. The predicted octanol–water partition coefficient (Wildman–Crippen LogP) is -0.253. The molecule has 0 saturated heterocycles. The van der Waals surface area contributed by atoms with Crippen molar-refractivity contribution in [1.29, 1.82) is 0 Å². The van der Waals surface area contributed by atoms with Crippen LogP contribution in [0.4, 0.5) is 0 Å². The molecule has 0 saturated carbocycles. The third-order valence-corrected chi connectivity index (χ3v) is 1.81. The Kier molecular flexibility index (Phi) is 4.60. The van der Waals surface area contributed by atoms with Crippen LogP contribution in [0.5, 0.6) is 0 Å². The van der Waals surface area contributed by atoms with Crippen LogP contribution in [-0.2, 0) is 0 Å². The Hall–Kier alpha value is -0.120. The normalized spacial score (nSPS) is 20.1. The van der Waals surface area contributed by atoms with E-state index in [0.717, 1.165) is 6.42 Å². The maximum Gasteiger partial charge on any atom is 0.103 e. The van der Waals surface area contributed by atoms with Crippen molar-refractivity contribution in [3.63, 3.8) is 0 Å². The number of aliphatic hydroxyl groups is 3. The molecule has 0 aliphatic heterocycles. The van der Waals surface area contributed by atoms with E-state index in [2.05, 4.69) is 0 Å². The van der Waals surface area contributed by atoms with Gasteiger partial charge in [-0.2, -0.15) is 0 Å². The van der Waals surface area contributed by atoms with Gasteiger partial charge in [0.1, 0.15) is 6.10 Å². The van der Waals surface area contributed by atoms with Gasteiger partial charge in [0.2, 0.25) is 0 Å². The average molecular weight is 148 g/mol. The van der Waals surface area contributed by atoms with E-state index in [0.29, 0.717) is 0 Å². The van der Waals surface area contributed by atoms with Crippen LogP contribution < -0.4 is 0 Å². The first-order valence-corrected chi connectivity index (χ1v) is 3.60. The highest BCUT2D eigenvalue weighted by atomic mass is 16.4. The Morgan fingerprint density at radius 3 is 2.10 bits per heavy atom. The Morgan fingerprint density at radius 2 is 1.80 bits per heavy atom. The minimum absolute atomic E-state index is 0.0437. The highest BCUT2D eigenvalue weighted by Gasteiger charge is 2.20. The molecule has 0 spiro atoms. The third-order valence-electron chi connectivity index (χ3n) is 1.81. The zero-order valence-corrected chi connectivity index (χ0v) is 6.49. The monoisotopic (exact) mass is 148 g/mol. The molecule has 0 rings (SSSR count). The second-order valence-corrected chi connectivity index (χ2v) is 2.63. The topological polar surface area (TPSA) is 60.7 Å². The summed E-state index contributed by atoms with van der Waals surface area (Å²) in [4.78, 5) is 0. The van der Waals surface area contributed by atoms with Gasteiger partial charge < -0.3 is 15.3 Å². The molecule has 0 aliphatic rings. The molecule has 0 aromatic rings. The maximum atomic E-state index is 9.18. The van der Waals surface area contributed by atoms with Crippen LogP contribution in [0, 0.1) is 5.92 Å². The molecule has 0 aromatic carbocycles. The van der Waals surface area contributed by atoms with E-state index in [1.807, 2.05) is 13.8 Å². The molecule has 3 N–H and O–H groups in total. The van der Waals surface area contributed by atoms with E-state index in [1.165, 1.54) is 0 Å². The van der Waals surface area contributed by atoms with Crippen molar-refractivity contribution >= 4 is 0 Å². The van der Waals surface area contributed by atoms with Gasteiger partial charge in [-0.1, -0.05) is 20.3 Å². The minimum atomic E-state index is -0.991. The highest BCUT2D eigenvalue weighted by Crippen LogP contribution is 2.10. The van der Waals surface area contributed by atoms with Crippen molar-refractivity contribution in [2.45, 2.75) is 32.5 Å². The van der Waals surface area contributed by atoms with Gasteiger partial charge in [-0.15, -0.1) is 0 Å². The van der Waals surface area contributed by atoms with Crippen molar-refractivity contribution in [2.75, 3.05) is 6.61 Å². The van der Waals surface area contributed by atoms with Gasteiger partial charge in [-0.05, 0) is 5.92 Å². The van der Waals surface area contributed by atoms with Gasteiger partial charge in [0, 0.05) is 0 Å². The molecular weight excluding hydrogens is 132 g/mol. The Balaban J connectivity index is 3.69. The van der Waals surface area contributed by atoms with Gasteiger partial charge >= 0.3 is 0 Å². The summed E-state index contributed by atoms with van der Waals surface area (Å²) < 4.78 is 0. The number of hydrogen-bond acceptors (Lipinski definition) is 3. The molecule has 10 heavy (non-hydrogen) atoms. The predicted molar refractivity (Wildman–Crippen MR) is 38.6 cm³/mol. The molecule has 0 heterocycles. The zero-order valence-electron chi connectivity index (χ0n) is 6.49. The molecule has 0 aliphatic carbocycles. The van der Waals surface area contributed by atoms with Gasteiger partial charge in [0.05, 0.1) is 12.7 Å². The summed E-state index contributed by atoms with van der Waals surface area (Å²) in [5.41, 5.74) is 0. The zero-order chi connectivity index (χ0) is 8.15. The van der Waals surface area contributed by atoms with Crippen LogP contribution >= 0.6 is 0 Å². The molecule has 3 atom stereocenters. The van der Waals surface area contributed by atoms with Gasteiger partial charge in [0.25, 0.3) is 0 Å². The fourth-order valence-electron chi connectivity index (χ4n) is 0.729. The Morgan fingerprint density at radius 1 is 1.30 bits per heavy atom. The fourth-order valence-corrected chi connectivity index (χ4v) is 0.729. The molecular formula is C7H16O3. The standard InChI is InChI=1S/C7H16O3/c1-3-5(2)7(10)6(9)4-8/h5-10H,3-4H2,1-2H3. The van der Waals surface area contributed by atoms with Crippen LogP contribution in [0.3, 0.4) is 0 Å². The lowest BCUT2D eigenvalue weighted by Gasteiger charge is -2.20. The number of hydrogen-bond donors (Lipinski definition) is 3. The smallest absolute Gasteiger partial charge is 0.103 e. The minimum Gasteiger partial charge on any atom is -0.394 e. The van der Waals surface area contributed by atoms with E-state index in [1.54, 1.807) is 0 Å². The highest BCUT2D eigenvalue weighted by molar-refractivity contribution is 4.70. The number of rotatable bonds is 4. The van der Waals surface area contributed by atoms with Crippen LogP contribution in [0.25, 0.3) is 0 Å². The summed E-state index contributed by atoms with van der Waals surface area (Å²) in [7, 11) is 0. The van der Waals surface area contributed by atoms with E-state index in [4.69, 9.17) is 10.2 Å². The van der Waals surface area contributed by atoms with Crippen molar-refractivity contribution < 1.29 is 15.3 Å². The molecule has 0 amide bonds. The first kappa shape index (κ1) is 9.88. The van der Waals surface area contributed by atoms with Crippen LogP contribution in [0.1, 0.15) is 20.3 Å². The summed E-state index contributed by atoms with van der Waals surface area (Å²) in [5, 5.41) is 26.5. The quantitative estimate of drug-likeness (QED) is 0.515. The van der Waals surface area contributed by atoms with Gasteiger partial charge in [0.15, 0.2) is 0 Å². The number of aliphatic hydroxyl groups excluding tert-OH is 3. The first-order valence-electron chi connectivity index (χ1n) is 3.60. The summed E-state index contributed by atoms with van der Waals surface area (Å²) in [6.07, 6.45) is -0.983. The lowest BCUT2D eigenvalue weighted by atomic mass is 9.98. The third kappa shape index (κ3) is 2.64. The van der Waals surface area contributed by atoms with E-state index >= 15 is 0 Å². The lowest BCUT2D eigenvalue weighted by molar-refractivity contribution is -0.0399. The molecule has 62 valence electrons. The fraction of sp³-hybridized carbons (Fsp3) is 1.00. The molecule has 3 nitrogen and oxygen atoms in total. The summed E-state index contributed by atoms with van der Waals surface area (Å²) in [5.74, 6) is 0.0437. The molecule has 3 heteroatoms. The van der Waals surface area contributed by atoms with E-state index < -0.39 is 12.2 Å². The molecule has 0 radical (unpaired) electrons. The molecule has 3 unspecified atom stereocenters. The first-order chi connectivity index (χ1) is 4.63. The second kappa shape index (κ2) is 4.66. The summed E-state index contributed by atoms with van der Waals surface area (Å²) in [6, 6.07) is 0. The molecule has 0 aromatic heterocycles. The lowest BCUT2D eigenvalue weighted by Crippen LogP contribution is -2.34. The van der Waals surface area contributed by atoms with Crippen LogP contribution in [0.15, 0.2) is 0 Å². The van der Waals surface area contributed by atoms with Crippen molar-refractivity contribution in [3.05, 3.63) is 0 Å². The van der Waals surface area contributed by atoms with Crippen LogP contribution in [0.2, 0.25) is 0 Å². The second-order valence-electron chi connectivity index (χ2n) is 2.63. The average Bonchev–Trinajstić information content (AvgIpc) is 2.00. The Labute approximate surface area is 61.3 Å². The van der Waals surface area contributed by atoms with E-state index in [-0.39, 0.29) is 12.5 Å². The van der Waals surface area contributed by atoms with Crippen LogP contribution in [-0.4, -0.2) is 34.1 Å². The van der Waals surface area contributed by atoms with Gasteiger partial charge in [-0.3, -0.25) is 0 Å². The summed E-state index contributed by atoms with van der Waals surface area (Å²) in [6.45, 7) is 3.40. The van der Waals surface area contributed by atoms with E-state index in [9.17, 15) is 5.11 Å². The Bertz CT molecular complexity index is 74.9. The van der Waals surface area contributed by atoms with Crippen molar-refractivity contribution in [3.8, 4) is 0 Å². The van der Waals surface area contributed by atoms with Crippen molar-refractivity contribution in [1.82, 2.24) is 0 Å². The maximum absolute atomic E-state index is 9.18.